The Morgan fingerprint density at radius 1 is 0.611 bits per heavy atom. The van der Waals surface area contributed by atoms with Gasteiger partial charge in [0.2, 0.25) is 10.2 Å². The molecule has 0 amide bonds. The third-order valence-electron chi connectivity index (χ3n) is 2.34. The highest BCUT2D eigenvalue weighted by Crippen LogP contribution is 2.65. The zero-order valence-electron chi connectivity index (χ0n) is 9.09. The van der Waals surface area contributed by atoms with E-state index in [2.05, 4.69) is 0 Å². The molecule has 2 nitrogen and oxygen atoms in total. The van der Waals surface area contributed by atoms with Crippen molar-refractivity contribution in [2.45, 2.75) is 0 Å². The molecule has 0 aromatic carbocycles. The molecule has 0 atom stereocenters. The second-order valence-electron chi connectivity index (χ2n) is 3.53. The third kappa shape index (κ3) is 2.33. The highest BCUT2D eigenvalue weighted by Gasteiger charge is 2.34. The van der Waals surface area contributed by atoms with E-state index in [9.17, 15) is 0 Å². The Kier molecular flexibility index (Phi) is 3.77. The molecule has 4 heterocycles. The molecule has 0 aromatic rings. The summed E-state index contributed by atoms with van der Waals surface area (Å²) in [5.74, 6) is 2.47. The molecule has 96 valence electrons. The molecule has 0 unspecified atom stereocenters. The van der Waals surface area contributed by atoms with Crippen LogP contribution in [0.5, 0.6) is 0 Å². The lowest BCUT2D eigenvalue weighted by atomic mass is 10.7. The van der Waals surface area contributed by atoms with E-state index in [1.807, 2.05) is 47.0 Å². The van der Waals surface area contributed by atoms with Gasteiger partial charge >= 0.3 is 0 Å². The van der Waals surface area contributed by atoms with Gasteiger partial charge in [-0.3, -0.25) is 0 Å². The number of ether oxygens (including phenoxy) is 2. The number of thioether (sulfide) groups is 6. The first-order valence-electron chi connectivity index (χ1n) is 5.35. The minimum Gasteiger partial charge on any atom is -0.480 e. The summed E-state index contributed by atoms with van der Waals surface area (Å²) in [7, 11) is 0. The summed E-state index contributed by atoms with van der Waals surface area (Å²) in [6, 6.07) is 0. The van der Waals surface area contributed by atoms with Crippen LogP contribution in [-0.4, -0.2) is 24.7 Å². The average Bonchev–Trinajstić information content (AvgIpc) is 3.02. The predicted octanol–water partition coefficient (Wildman–Crippen LogP) is 4.85. The maximum atomic E-state index is 5.63. The molecular weight excluding hydrogens is 345 g/mol. The van der Waals surface area contributed by atoms with E-state index in [0.29, 0.717) is 13.2 Å². The van der Waals surface area contributed by atoms with Crippen molar-refractivity contribution in [2.24, 2.45) is 0 Å². The van der Waals surface area contributed by atoms with Crippen molar-refractivity contribution in [3.63, 3.8) is 0 Å². The van der Waals surface area contributed by atoms with Crippen LogP contribution in [0.25, 0.3) is 0 Å². The van der Waals surface area contributed by atoms with Gasteiger partial charge in [0.1, 0.15) is 13.2 Å². The number of rotatable bonds is 0. The van der Waals surface area contributed by atoms with Gasteiger partial charge in [-0.1, -0.05) is 23.5 Å². The van der Waals surface area contributed by atoms with Crippen molar-refractivity contribution < 1.29 is 9.47 Å². The van der Waals surface area contributed by atoms with E-state index in [-0.39, 0.29) is 0 Å². The molecule has 8 heteroatoms. The molecule has 0 bridgehead atoms. The first-order valence-corrected chi connectivity index (χ1v) is 10.6. The molecule has 0 N–H and O–H groups in total. The second-order valence-corrected chi connectivity index (χ2v) is 10.8. The van der Waals surface area contributed by atoms with E-state index >= 15 is 0 Å². The van der Waals surface area contributed by atoms with Crippen LogP contribution in [0, 0.1) is 0 Å². The van der Waals surface area contributed by atoms with Crippen LogP contribution in [0.1, 0.15) is 0 Å². The number of hydrogen-bond acceptors (Lipinski definition) is 8. The molecule has 0 saturated carbocycles. The van der Waals surface area contributed by atoms with Gasteiger partial charge < -0.3 is 9.47 Å². The van der Waals surface area contributed by atoms with Gasteiger partial charge in [-0.15, -0.1) is 23.5 Å². The fourth-order valence-corrected chi connectivity index (χ4v) is 10.2. The minimum absolute atomic E-state index is 0.676. The Balaban J connectivity index is 1.54. The van der Waals surface area contributed by atoms with Crippen molar-refractivity contribution in [3.05, 3.63) is 27.1 Å². The lowest BCUT2D eigenvalue weighted by molar-refractivity contribution is 0.0949. The standard InChI is InChI=1S/C10H8O2S6/c1-2-12-6-5(11-1)15-9(16-6)10-17-7-8(18-10)14-4-3-13-7/h1-4H2. The Morgan fingerprint density at radius 2 is 1.11 bits per heavy atom. The molecule has 4 aliphatic heterocycles. The predicted molar refractivity (Wildman–Crippen MR) is 88.3 cm³/mol. The van der Waals surface area contributed by atoms with E-state index in [0.717, 1.165) is 10.2 Å². The molecule has 0 radical (unpaired) electrons. The fraction of sp³-hybridized carbons (Fsp3) is 0.400. The highest BCUT2D eigenvalue weighted by atomic mass is 32.3. The lowest BCUT2D eigenvalue weighted by Gasteiger charge is -2.13. The molecule has 18 heavy (non-hydrogen) atoms. The van der Waals surface area contributed by atoms with Gasteiger partial charge in [0, 0.05) is 11.5 Å². The van der Waals surface area contributed by atoms with Crippen LogP contribution >= 0.6 is 70.6 Å². The van der Waals surface area contributed by atoms with Crippen molar-refractivity contribution in [3.8, 4) is 0 Å². The molecule has 0 fully saturated rings. The van der Waals surface area contributed by atoms with Crippen LogP contribution in [0.3, 0.4) is 0 Å². The Bertz CT molecular complexity index is 411. The van der Waals surface area contributed by atoms with Gasteiger partial charge in [0.15, 0.2) is 0 Å². The molecule has 4 aliphatic rings. The zero-order chi connectivity index (χ0) is 11.9. The van der Waals surface area contributed by atoms with Gasteiger partial charge in [-0.25, -0.2) is 0 Å². The van der Waals surface area contributed by atoms with Crippen molar-refractivity contribution in [1.82, 2.24) is 0 Å². The van der Waals surface area contributed by atoms with Crippen LogP contribution in [-0.2, 0) is 9.47 Å². The molecule has 0 aromatic heterocycles. The zero-order valence-corrected chi connectivity index (χ0v) is 14.0. The molecule has 4 rings (SSSR count). The van der Waals surface area contributed by atoms with Gasteiger partial charge in [0.05, 0.1) is 16.9 Å². The largest absolute Gasteiger partial charge is 0.480 e. The van der Waals surface area contributed by atoms with Crippen LogP contribution < -0.4 is 0 Å². The van der Waals surface area contributed by atoms with Crippen LogP contribution in [0.4, 0.5) is 0 Å². The van der Waals surface area contributed by atoms with Gasteiger partial charge in [-0.2, -0.15) is 0 Å². The van der Waals surface area contributed by atoms with E-state index < -0.39 is 0 Å². The quantitative estimate of drug-likeness (QED) is 0.608. The SMILES string of the molecule is C1COC2=C(O1)SC(=C1SC3=C(SCCS3)S1)S2. The van der Waals surface area contributed by atoms with E-state index in [1.54, 1.807) is 23.5 Å². The summed E-state index contributed by atoms with van der Waals surface area (Å²) >= 11 is 11.3. The molecule has 0 spiro atoms. The minimum atomic E-state index is 0.676. The van der Waals surface area contributed by atoms with Crippen molar-refractivity contribution >= 4 is 70.6 Å². The Labute approximate surface area is 131 Å². The maximum absolute atomic E-state index is 5.63. The second kappa shape index (κ2) is 5.37. The molecule has 0 aliphatic carbocycles. The summed E-state index contributed by atoms with van der Waals surface area (Å²) in [4.78, 5) is 0. The summed E-state index contributed by atoms with van der Waals surface area (Å²) in [6.45, 7) is 1.35. The molecular formula is C10H8O2S6. The van der Waals surface area contributed by atoms with Gasteiger partial charge in [0.25, 0.3) is 0 Å². The maximum Gasteiger partial charge on any atom is 0.208 e. The highest BCUT2D eigenvalue weighted by molar-refractivity contribution is 8.43. The summed E-state index contributed by atoms with van der Waals surface area (Å²) in [5, 5.41) is 1.92. The van der Waals surface area contributed by atoms with Crippen molar-refractivity contribution in [2.75, 3.05) is 24.7 Å². The molecule has 0 saturated heterocycles. The van der Waals surface area contributed by atoms with Crippen LogP contribution in [0.2, 0.25) is 0 Å². The lowest BCUT2D eigenvalue weighted by Crippen LogP contribution is -2.08. The first-order chi connectivity index (χ1) is 8.90. The summed E-state index contributed by atoms with van der Waals surface area (Å²) in [5.41, 5.74) is 0. The summed E-state index contributed by atoms with van der Waals surface area (Å²) < 4.78 is 17.0. The summed E-state index contributed by atoms with van der Waals surface area (Å²) in [6.07, 6.45) is 0. The topological polar surface area (TPSA) is 18.5 Å². The average molecular weight is 353 g/mol. The Hall–Kier alpha value is 0.920. The van der Waals surface area contributed by atoms with Crippen LogP contribution in [0.15, 0.2) is 27.1 Å². The smallest absolute Gasteiger partial charge is 0.208 e. The monoisotopic (exact) mass is 352 g/mol. The van der Waals surface area contributed by atoms with Crippen molar-refractivity contribution in [1.29, 1.82) is 0 Å². The third-order valence-corrected chi connectivity index (χ3v) is 11.0. The van der Waals surface area contributed by atoms with Gasteiger partial charge in [-0.05, 0) is 23.5 Å². The Morgan fingerprint density at radius 3 is 1.67 bits per heavy atom. The van der Waals surface area contributed by atoms with E-state index in [1.165, 1.54) is 28.5 Å². The fourth-order valence-electron chi connectivity index (χ4n) is 1.60. The first kappa shape index (κ1) is 12.6. The number of hydrogen-bond donors (Lipinski definition) is 0. The normalized spacial score (nSPS) is 27.1. The van der Waals surface area contributed by atoms with E-state index in [4.69, 9.17) is 9.47 Å².